The van der Waals surface area contributed by atoms with Crippen LogP contribution in [0.4, 0.5) is 0 Å². The molecule has 2 aliphatic carbocycles. The van der Waals surface area contributed by atoms with E-state index in [1.165, 1.54) is 38.5 Å². The van der Waals surface area contributed by atoms with Crippen molar-refractivity contribution in [3.8, 4) is 0 Å². The second-order valence-corrected chi connectivity index (χ2v) is 6.53. The SMILES string of the molecule is CC1C(N)CC(N)CC1CC1CCC(N)CC1. The van der Waals surface area contributed by atoms with Crippen LogP contribution in [0.25, 0.3) is 0 Å². The van der Waals surface area contributed by atoms with Gasteiger partial charge in [0.05, 0.1) is 0 Å². The summed E-state index contributed by atoms with van der Waals surface area (Å²) in [4.78, 5) is 0. The highest BCUT2D eigenvalue weighted by molar-refractivity contribution is 4.89. The van der Waals surface area contributed by atoms with Crippen LogP contribution in [-0.2, 0) is 0 Å². The van der Waals surface area contributed by atoms with Crippen LogP contribution < -0.4 is 17.2 Å². The molecular formula is C14H29N3. The van der Waals surface area contributed by atoms with Crippen molar-refractivity contribution < 1.29 is 0 Å². The first kappa shape index (κ1) is 13.3. The molecule has 0 amide bonds. The lowest BCUT2D eigenvalue weighted by molar-refractivity contribution is 0.152. The van der Waals surface area contributed by atoms with Gasteiger partial charge in [0.15, 0.2) is 0 Å². The van der Waals surface area contributed by atoms with Gasteiger partial charge in [-0.2, -0.15) is 0 Å². The van der Waals surface area contributed by atoms with Crippen LogP contribution in [0.1, 0.15) is 51.9 Å². The van der Waals surface area contributed by atoms with E-state index in [2.05, 4.69) is 6.92 Å². The molecule has 4 unspecified atom stereocenters. The average molecular weight is 239 g/mol. The van der Waals surface area contributed by atoms with Gasteiger partial charge in [0.25, 0.3) is 0 Å². The molecule has 0 aliphatic heterocycles. The highest BCUT2D eigenvalue weighted by Crippen LogP contribution is 2.37. The second kappa shape index (κ2) is 5.68. The Hall–Kier alpha value is -0.120. The minimum Gasteiger partial charge on any atom is -0.328 e. The molecule has 0 aromatic carbocycles. The molecule has 0 aromatic rings. The fourth-order valence-corrected chi connectivity index (χ4v) is 3.78. The third-order valence-electron chi connectivity index (χ3n) is 5.13. The van der Waals surface area contributed by atoms with Gasteiger partial charge in [0.2, 0.25) is 0 Å². The van der Waals surface area contributed by atoms with Crippen LogP contribution in [0.15, 0.2) is 0 Å². The molecule has 2 saturated carbocycles. The summed E-state index contributed by atoms with van der Waals surface area (Å²) in [6, 6.07) is 1.10. The molecule has 0 spiro atoms. The molecule has 2 fully saturated rings. The maximum atomic E-state index is 6.19. The molecule has 0 heterocycles. The quantitative estimate of drug-likeness (QED) is 0.685. The summed E-state index contributed by atoms with van der Waals surface area (Å²) >= 11 is 0. The topological polar surface area (TPSA) is 78.1 Å². The van der Waals surface area contributed by atoms with E-state index in [0.717, 1.165) is 18.3 Å². The van der Waals surface area contributed by atoms with Gasteiger partial charge in [0.1, 0.15) is 0 Å². The van der Waals surface area contributed by atoms with Gasteiger partial charge in [-0.15, -0.1) is 0 Å². The molecule has 3 nitrogen and oxygen atoms in total. The minimum atomic E-state index is 0.314. The monoisotopic (exact) mass is 239 g/mol. The smallest absolute Gasteiger partial charge is 0.00819 e. The van der Waals surface area contributed by atoms with Gasteiger partial charge in [-0.25, -0.2) is 0 Å². The minimum absolute atomic E-state index is 0.314. The van der Waals surface area contributed by atoms with Crippen molar-refractivity contribution in [3.05, 3.63) is 0 Å². The number of nitrogens with two attached hydrogens (primary N) is 3. The second-order valence-electron chi connectivity index (χ2n) is 6.53. The summed E-state index contributed by atoms with van der Waals surface area (Å²) in [5.74, 6) is 2.26. The first-order chi connectivity index (χ1) is 8.06. The first-order valence-electron chi connectivity index (χ1n) is 7.33. The molecule has 2 aliphatic rings. The third-order valence-corrected chi connectivity index (χ3v) is 5.13. The van der Waals surface area contributed by atoms with Crippen molar-refractivity contribution in [2.75, 3.05) is 0 Å². The summed E-state index contributed by atoms with van der Waals surface area (Å²) in [6.07, 6.45) is 8.57. The standard InChI is InChI=1S/C14H29N3/c1-9-11(7-13(16)8-14(9)17)6-10-2-4-12(15)5-3-10/h9-14H,2-8,15-17H2,1H3. The van der Waals surface area contributed by atoms with Crippen LogP contribution in [-0.4, -0.2) is 18.1 Å². The third kappa shape index (κ3) is 3.43. The van der Waals surface area contributed by atoms with E-state index in [-0.39, 0.29) is 0 Å². The van der Waals surface area contributed by atoms with E-state index in [4.69, 9.17) is 17.2 Å². The largest absolute Gasteiger partial charge is 0.328 e. The molecule has 0 radical (unpaired) electrons. The van der Waals surface area contributed by atoms with Crippen LogP contribution in [0.3, 0.4) is 0 Å². The molecule has 100 valence electrons. The fraction of sp³-hybridized carbons (Fsp3) is 1.00. The zero-order valence-corrected chi connectivity index (χ0v) is 11.1. The number of rotatable bonds is 2. The maximum Gasteiger partial charge on any atom is 0.00819 e. The van der Waals surface area contributed by atoms with Crippen LogP contribution >= 0.6 is 0 Å². The average Bonchev–Trinajstić information content (AvgIpc) is 2.28. The Morgan fingerprint density at radius 2 is 1.53 bits per heavy atom. The lowest BCUT2D eigenvalue weighted by Crippen LogP contribution is -2.46. The van der Waals surface area contributed by atoms with Crippen molar-refractivity contribution in [1.82, 2.24) is 0 Å². The number of hydrogen-bond acceptors (Lipinski definition) is 3. The molecule has 17 heavy (non-hydrogen) atoms. The van der Waals surface area contributed by atoms with E-state index in [1.807, 2.05) is 0 Å². The lowest BCUT2D eigenvalue weighted by Gasteiger charge is -2.40. The lowest BCUT2D eigenvalue weighted by atomic mass is 9.69. The Morgan fingerprint density at radius 1 is 0.882 bits per heavy atom. The predicted molar refractivity (Wildman–Crippen MR) is 72.4 cm³/mol. The normalized spacial score (nSPS) is 48.0. The van der Waals surface area contributed by atoms with Crippen LogP contribution in [0.5, 0.6) is 0 Å². The molecule has 0 saturated heterocycles. The Bertz CT molecular complexity index is 236. The summed E-state index contributed by atoms with van der Waals surface area (Å²) < 4.78 is 0. The van der Waals surface area contributed by atoms with Crippen molar-refractivity contribution in [2.24, 2.45) is 35.0 Å². The summed E-state index contributed by atoms with van der Waals surface area (Å²) in [5, 5.41) is 0. The Kier molecular flexibility index (Phi) is 4.45. The summed E-state index contributed by atoms with van der Waals surface area (Å²) in [5.41, 5.74) is 18.3. The van der Waals surface area contributed by atoms with Crippen LogP contribution in [0.2, 0.25) is 0 Å². The molecule has 0 aromatic heterocycles. The van der Waals surface area contributed by atoms with Gasteiger partial charge in [0, 0.05) is 18.1 Å². The molecule has 6 N–H and O–H groups in total. The number of hydrogen-bond donors (Lipinski definition) is 3. The zero-order valence-electron chi connectivity index (χ0n) is 11.1. The van der Waals surface area contributed by atoms with E-state index in [1.54, 1.807) is 0 Å². The van der Waals surface area contributed by atoms with Gasteiger partial charge in [-0.3, -0.25) is 0 Å². The van der Waals surface area contributed by atoms with E-state index in [9.17, 15) is 0 Å². The molecular weight excluding hydrogens is 210 g/mol. The van der Waals surface area contributed by atoms with Crippen molar-refractivity contribution in [1.29, 1.82) is 0 Å². The van der Waals surface area contributed by atoms with Crippen molar-refractivity contribution in [3.63, 3.8) is 0 Å². The van der Waals surface area contributed by atoms with Crippen molar-refractivity contribution in [2.45, 2.75) is 70.0 Å². The van der Waals surface area contributed by atoms with Crippen LogP contribution in [0, 0.1) is 17.8 Å². The molecule has 4 atom stereocenters. The Morgan fingerprint density at radius 3 is 2.18 bits per heavy atom. The van der Waals surface area contributed by atoms with Gasteiger partial charge >= 0.3 is 0 Å². The van der Waals surface area contributed by atoms with E-state index < -0.39 is 0 Å². The Labute approximate surface area is 105 Å². The first-order valence-corrected chi connectivity index (χ1v) is 7.33. The molecule has 0 bridgehead atoms. The fourth-order valence-electron chi connectivity index (χ4n) is 3.78. The highest BCUT2D eigenvalue weighted by Gasteiger charge is 2.33. The van der Waals surface area contributed by atoms with Gasteiger partial charge in [-0.05, 0) is 62.7 Å². The molecule has 3 heteroatoms. The Balaban J connectivity index is 1.84. The zero-order chi connectivity index (χ0) is 12.4. The molecule has 2 rings (SSSR count). The van der Waals surface area contributed by atoms with Gasteiger partial charge < -0.3 is 17.2 Å². The van der Waals surface area contributed by atoms with Crippen molar-refractivity contribution >= 4 is 0 Å². The van der Waals surface area contributed by atoms with E-state index in [0.29, 0.717) is 24.0 Å². The summed E-state index contributed by atoms with van der Waals surface area (Å²) in [6.45, 7) is 2.32. The van der Waals surface area contributed by atoms with E-state index >= 15 is 0 Å². The predicted octanol–water partition coefficient (Wildman–Crippen LogP) is 1.59. The highest BCUT2D eigenvalue weighted by atomic mass is 14.7. The van der Waals surface area contributed by atoms with Gasteiger partial charge in [-0.1, -0.05) is 6.92 Å². The summed E-state index contributed by atoms with van der Waals surface area (Å²) in [7, 11) is 0. The maximum absolute atomic E-state index is 6.19.